The summed E-state index contributed by atoms with van der Waals surface area (Å²) in [5, 5.41) is 0.433. The number of amides is 2. The van der Waals surface area contributed by atoms with Crippen LogP contribution in [-0.2, 0) is 9.59 Å². The summed E-state index contributed by atoms with van der Waals surface area (Å²) >= 11 is 6.10. The molecule has 0 bridgehead atoms. The second-order valence-electron chi connectivity index (χ2n) is 5.33. The van der Waals surface area contributed by atoms with Crippen molar-refractivity contribution in [3.8, 4) is 11.5 Å². The molecule has 24 heavy (non-hydrogen) atoms. The van der Waals surface area contributed by atoms with Crippen LogP contribution in [-0.4, -0.2) is 55.1 Å². The van der Waals surface area contributed by atoms with Crippen LogP contribution in [0.25, 0.3) is 6.08 Å². The first-order chi connectivity index (χ1) is 11.5. The predicted molar refractivity (Wildman–Crippen MR) is 92.2 cm³/mol. The highest BCUT2D eigenvalue weighted by molar-refractivity contribution is 6.32. The number of hydrogen-bond donors (Lipinski definition) is 0. The second-order valence-corrected chi connectivity index (χ2v) is 5.74. The minimum atomic E-state index is -0.260. The van der Waals surface area contributed by atoms with Crippen LogP contribution in [0.2, 0.25) is 5.02 Å². The van der Waals surface area contributed by atoms with Crippen molar-refractivity contribution < 1.29 is 19.1 Å². The van der Waals surface area contributed by atoms with Gasteiger partial charge in [-0.25, -0.2) is 0 Å². The molecule has 1 aromatic carbocycles. The lowest BCUT2D eigenvalue weighted by Crippen LogP contribution is -2.40. The Balaban J connectivity index is 2.00. The van der Waals surface area contributed by atoms with E-state index >= 15 is 0 Å². The van der Waals surface area contributed by atoms with Gasteiger partial charge in [0.15, 0.2) is 11.5 Å². The molecule has 0 aliphatic carbocycles. The predicted octanol–water partition coefficient (Wildman–Crippen LogP) is 2.41. The molecule has 2 rings (SSSR count). The molecular weight excluding hydrogens is 332 g/mol. The fraction of sp³-hybridized carbons (Fsp3) is 0.412. The molecule has 1 heterocycles. The lowest BCUT2D eigenvalue weighted by atomic mass is 10.2. The summed E-state index contributed by atoms with van der Waals surface area (Å²) in [5.74, 6) is 0.737. The Kier molecular flexibility index (Phi) is 6.09. The lowest BCUT2D eigenvalue weighted by molar-refractivity contribution is -0.136. The Labute approximate surface area is 146 Å². The number of fused-ring (bicyclic) bond motifs is 1. The molecule has 2 amide bonds. The Morgan fingerprint density at radius 2 is 1.96 bits per heavy atom. The number of halogens is 1. The number of benzene rings is 1. The van der Waals surface area contributed by atoms with Gasteiger partial charge >= 0.3 is 0 Å². The van der Waals surface area contributed by atoms with Gasteiger partial charge < -0.3 is 19.3 Å². The quantitative estimate of drug-likeness (QED) is 0.738. The lowest BCUT2D eigenvalue weighted by Gasteiger charge is -2.22. The second kappa shape index (κ2) is 8.06. The van der Waals surface area contributed by atoms with Gasteiger partial charge in [0.25, 0.3) is 0 Å². The summed E-state index contributed by atoms with van der Waals surface area (Å²) in [5.41, 5.74) is 0.723. The third kappa shape index (κ3) is 4.20. The zero-order valence-electron chi connectivity index (χ0n) is 14.0. The van der Waals surface area contributed by atoms with E-state index in [9.17, 15) is 9.59 Å². The maximum Gasteiger partial charge on any atom is 0.246 e. The summed E-state index contributed by atoms with van der Waals surface area (Å²) in [6.45, 7) is 5.26. The Bertz CT molecular complexity index is 656. The van der Waals surface area contributed by atoms with Crippen molar-refractivity contribution in [3.63, 3.8) is 0 Å². The molecule has 0 unspecified atom stereocenters. The monoisotopic (exact) mass is 352 g/mol. The molecule has 0 saturated heterocycles. The first-order valence-electron chi connectivity index (χ1n) is 7.76. The van der Waals surface area contributed by atoms with Crippen molar-refractivity contribution >= 4 is 29.5 Å². The molecule has 0 aromatic heterocycles. The molecule has 0 fully saturated rings. The number of likely N-dealkylation sites (N-methyl/N-ethyl adjacent to an activating group) is 2. The molecule has 0 N–H and O–H groups in total. The van der Waals surface area contributed by atoms with Crippen LogP contribution in [0.15, 0.2) is 18.2 Å². The van der Waals surface area contributed by atoms with Crippen molar-refractivity contribution in [1.29, 1.82) is 0 Å². The number of ether oxygens (including phenoxy) is 2. The number of carbonyl (C=O) groups is 2. The van der Waals surface area contributed by atoms with Gasteiger partial charge in [0, 0.05) is 26.2 Å². The van der Waals surface area contributed by atoms with E-state index in [0.29, 0.717) is 29.6 Å². The van der Waals surface area contributed by atoms with Crippen molar-refractivity contribution in [2.24, 2.45) is 0 Å². The van der Waals surface area contributed by atoms with Gasteiger partial charge in [-0.2, -0.15) is 0 Å². The van der Waals surface area contributed by atoms with Gasteiger partial charge in [0.2, 0.25) is 18.6 Å². The standard InChI is InChI=1S/C17H21ClN2O4/c1-4-20(5-2)16(22)10-19(3)15(21)7-6-12-8-13(18)17-14(9-12)23-11-24-17/h6-9H,4-5,10-11H2,1-3H3/b7-6+. The van der Waals surface area contributed by atoms with E-state index in [1.54, 1.807) is 30.2 Å². The molecule has 130 valence electrons. The van der Waals surface area contributed by atoms with Crippen LogP contribution in [0, 0.1) is 0 Å². The van der Waals surface area contributed by atoms with E-state index in [2.05, 4.69) is 0 Å². The maximum absolute atomic E-state index is 12.1. The van der Waals surface area contributed by atoms with Crippen LogP contribution in [0.5, 0.6) is 11.5 Å². The summed E-state index contributed by atoms with van der Waals surface area (Å²) < 4.78 is 10.5. The molecule has 0 spiro atoms. The van der Waals surface area contributed by atoms with Crippen LogP contribution < -0.4 is 9.47 Å². The van der Waals surface area contributed by atoms with Crippen molar-refractivity contribution in [1.82, 2.24) is 9.80 Å². The molecule has 1 aliphatic rings. The Morgan fingerprint density at radius 3 is 2.62 bits per heavy atom. The van der Waals surface area contributed by atoms with Crippen LogP contribution in [0.4, 0.5) is 0 Å². The van der Waals surface area contributed by atoms with E-state index < -0.39 is 0 Å². The number of hydrogen-bond acceptors (Lipinski definition) is 4. The minimum Gasteiger partial charge on any atom is -0.454 e. The fourth-order valence-electron chi connectivity index (χ4n) is 2.34. The van der Waals surface area contributed by atoms with Crippen molar-refractivity contribution in [3.05, 3.63) is 28.8 Å². The summed E-state index contributed by atoms with van der Waals surface area (Å²) in [6.07, 6.45) is 3.04. The third-order valence-electron chi connectivity index (χ3n) is 3.73. The molecule has 0 saturated carbocycles. The summed E-state index contributed by atoms with van der Waals surface area (Å²) in [6, 6.07) is 3.44. The number of carbonyl (C=O) groups excluding carboxylic acids is 2. The number of nitrogens with zero attached hydrogens (tertiary/aromatic N) is 2. The first-order valence-corrected chi connectivity index (χ1v) is 8.14. The average Bonchev–Trinajstić information content (AvgIpc) is 3.02. The van der Waals surface area contributed by atoms with Gasteiger partial charge in [-0.1, -0.05) is 11.6 Å². The minimum absolute atomic E-state index is 0.0484. The Morgan fingerprint density at radius 1 is 1.25 bits per heavy atom. The largest absolute Gasteiger partial charge is 0.454 e. The Hall–Kier alpha value is -2.21. The maximum atomic E-state index is 12.1. The van der Waals surface area contributed by atoms with E-state index in [4.69, 9.17) is 21.1 Å². The smallest absolute Gasteiger partial charge is 0.246 e. The van der Waals surface area contributed by atoms with E-state index in [1.165, 1.54) is 11.0 Å². The molecular formula is C17H21ClN2O4. The SMILES string of the molecule is CCN(CC)C(=O)CN(C)C(=O)/C=C/c1cc(Cl)c2c(c1)OCO2. The van der Waals surface area contributed by atoms with E-state index in [1.807, 2.05) is 13.8 Å². The van der Waals surface area contributed by atoms with Gasteiger partial charge in [0.05, 0.1) is 11.6 Å². The fourth-order valence-corrected chi connectivity index (χ4v) is 2.61. The molecule has 0 radical (unpaired) electrons. The molecule has 6 nitrogen and oxygen atoms in total. The first kappa shape index (κ1) is 18.1. The highest BCUT2D eigenvalue weighted by Gasteiger charge is 2.18. The normalized spacial score (nSPS) is 12.5. The van der Waals surface area contributed by atoms with Crippen LogP contribution in [0.3, 0.4) is 0 Å². The molecule has 1 aromatic rings. The van der Waals surface area contributed by atoms with E-state index in [-0.39, 0.29) is 25.2 Å². The van der Waals surface area contributed by atoms with Gasteiger partial charge in [0.1, 0.15) is 0 Å². The third-order valence-corrected chi connectivity index (χ3v) is 4.01. The van der Waals surface area contributed by atoms with Gasteiger partial charge in [-0.3, -0.25) is 9.59 Å². The van der Waals surface area contributed by atoms with Crippen LogP contribution >= 0.6 is 11.6 Å². The number of rotatable bonds is 6. The molecule has 1 aliphatic heterocycles. The van der Waals surface area contributed by atoms with Gasteiger partial charge in [-0.15, -0.1) is 0 Å². The van der Waals surface area contributed by atoms with E-state index in [0.717, 1.165) is 5.56 Å². The summed E-state index contributed by atoms with van der Waals surface area (Å²) in [7, 11) is 1.60. The molecule has 7 heteroatoms. The highest BCUT2D eigenvalue weighted by atomic mass is 35.5. The zero-order valence-corrected chi connectivity index (χ0v) is 14.8. The highest BCUT2D eigenvalue weighted by Crippen LogP contribution is 2.40. The molecule has 0 atom stereocenters. The average molecular weight is 353 g/mol. The topological polar surface area (TPSA) is 59.1 Å². The van der Waals surface area contributed by atoms with Crippen molar-refractivity contribution in [2.45, 2.75) is 13.8 Å². The van der Waals surface area contributed by atoms with Gasteiger partial charge in [-0.05, 0) is 37.6 Å². The summed E-state index contributed by atoms with van der Waals surface area (Å²) in [4.78, 5) is 27.2. The zero-order chi connectivity index (χ0) is 17.7. The van der Waals surface area contributed by atoms with Crippen LogP contribution in [0.1, 0.15) is 19.4 Å². The van der Waals surface area contributed by atoms with Crippen molar-refractivity contribution in [2.75, 3.05) is 33.5 Å².